The molecule has 1 aromatic carbocycles. The first kappa shape index (κ1) is 15.1. The molecule has 0 spiro atoms. The Morgan fingerprint density at radius 2 is 2.10 bits per heavy atom. The van der Waals surface area contributed by atoms with Gasteiger partial charge in [0.2, 0.25) is 0 Å². The molecule has 3 heteroatoms. The molecule has 1 atom stereocenters. The molecule has 0 saturated heterocycles. The summed E-state index contributed by atoms with van der Waals surface area (Å²) in [5.74, 6) is 0.830. The van der Waals surface area contributed by atoms with Gasteiger partial charge in [-0.2, -0.15) is 0 Å². The molecular formula is C18H22ClNS. The van der Waals surface area contributed by atoms with Crippen molar-refractivity contribution < 1.29 is 0 Å². The Morgan fingerprint density at radius 3 is 2.81 bits per heavy atom. The van der Waals surface area contributed by atoms with Gasteiger partial charge in [0, 0.05) is 26.4 Å². The van der Waals surface area contributed by atoms with Crippen LogP contribution in [-0.2, 0) is 0 Å². The van der Waals surface area contributed by atoms with Gasteiger partial charge < -0.3 is 5.32 Å². The van der Waals surface area contributed by atoms with Gasteiger partial charge in [-0.3, -0.25) is 0 Å². The number of hydrogen-bond donors (Lipinski definition) is 1. The van der Waals surface area contributed by atoms with Crippen molar-refractivity contribution in [3.05, 3.63) is 45.8 Å². The zero-order chi connectivity index (χ0) is 14.8. The van der Waals surface area contributed by atoms with Crippen LogP contribution < -0.4 is 5.32 Å². The van der Waals surface area contributed by atoms with E-state index in [4.69, 9.17) is 11.6 Å². The maximum absolute atomic E-state index is 6.37. The van der Waals surface area contributed by atoms with Crippen molar-refractivity contribution >= 4 is 22.9 Å². The summed E-state index contributed by atoms with van der Waals surface area (Å²) in [5, 5.41) is 4.56. The lowest BCUT2D eigenvalue weighted by molar-refractivity contribution is 0.488. The Balaban J connectivity index is 1.86. The van der Waals surface area contributed by atoms with Crippen molar-refractivity contribution in [2.75, 3.05) is 6.54 Å². The third-order valence-electron chi connectivity index (χ3n) is 4.03. The van der Waals surface area contributed by atoms with Gasteiger partial charge in [-0.05, 0) is 62.9 Å². The van der Waals surface area contributed by atoms with Crippen LogP contribution in [0.1, 0.15) is 42.7 Å². The summed E-state index contributed by atoms with van der Waals surface area (Å²) < 4.78 is 0. The van der Waals surface area contributed by atoms with Gasteiger partial charge >= 0.3 is 0 Å². The largest absolute Gasteiger partial charge is 0.309 e. The summed E-state index contributed by atoms with van der Waals surface area (Å²) in [7, 11) is 0. The fourth-order valence-electron chi connectivity index (χ4n) is 2.72. The van der Waals surface area contributed by atoms with Crippen LogP contribution in [0, 0.1) is 12.8 Å². The lowest BCUT2D eigenvalue weighted by Crippen LogP contribution is -2.22. The van der Waals surface area contributed by atoms with E-state index in [0.717, 1.165) is 23.0 Å². The van der Waals surface area contributed by atoms with Crippen LogP contribution in [0.15, 0.2) is 30.3 Å². The van der Waals surface area contributed by atoms with Crippen molar-refractivity contribution in [3.63, 3.8) is 0 Å². The standard InChI is InChI=1S/C18H22ClNS/c1-3-10-20-18(13-5-6-13)17-9-8-16(21-17)14-11-12(2)4-7-15(14)19/h4,7-9,11,13,18,20H,3,5-6,10H2,1-2H3. The summed E-state index contributed by atoms with van der Waals surface area (Å²) in [6, 6.07) is 11.3. The first-order chi connectivity index (χ1) is 10.2. The molecule has 1 aromatic heterocycles. The van der Waals surface area contributed by atoms with Crippen molar-refractivity contribution in [2.45, 2.75) is 39.2 Å². The second-order valence-corrected chi connectivity index (χ2v) is 7.48. The van der Waals surface area contributed by atoms with Crippen LogP contribution in [0.5, 0.6) is 0 Å². The maximum Gasteiger partial charge on any atom is 0.0492 e. The van der Waals surface area contributed by atoms with E-state index in [-0.39, 0.29) is 0 Å². The Morgan fingerprint density at radius 1 is 1.29 bits per heavy atom. The Labute approximate surface area is 136 Å². The van der Waals surface area contributed by atoms with Gasteiger partial charge in [0.25, 0.3) is 0 Å². The SMILES string of the molecule is CCCNC(c1ccc(-c2cc(C)ccc2Cl)s1)C1CC1. The van der Waals surface area contributed by atoms with E-state index in [0.29, 0.717) is 6.04 Å². The number of benzene rings is 1. The van der Waals surface area contributed by atoms with E-state index in [1.54, 1.807) is 0 Å². The Kier molecular flexibility index (Phi) is 4.68. The van der Waals surface area contributed by atoms with Gasteiger partial charge in [-0.15, -0.1) is 11.3 Å². The van der Waals surface area contributed by atoms with E-state index in [1.807, 2.05) is 17.4 Å². The van der Waals surface area contributed by atoms with Crippen LogP contribution in [0.3, 0.4) is 0 Å². The van der Waals surface area contributed by atoms with Crippen LogP contribution in [0.4, 0.5) is 0 Å². The summed E-state index contributed by atoms with van der Waals surface area (Å²) in [6.45, 7) is 5.44. The summed E-state index contributed by atoms with van der Waals surface area (Å²) in [6.07, 6.45) is 3.91. The maximum atomic E-state index is 6.37. The number of hydrogen-bond acceptors (Lipinski definition) is 2. The zero-order valence-electron chi connectivity index (χ0n) is 12.7. The fraction of sp³-hybridized carbons (Fsp3) is 0.444. The second-order valence-electron chi connectivity index (χ2n) is 5.95. The fourth-order valence-corrected chi connectivity index (χ4v) is 4.20. The molecule has 1 heterocycles. The minimum atomic E-state index is 0.535. The van der Waals surface area contributed by atoms with E-state index in [9.17, 15) is 0 Å². The molecule has 21 heavy (non-hydrogen) atoms. The molecule has 1 fully saturated rings. The zero-order valence-corrected chi connectivity index (χ0v) is 14.2. The van der Waals surface area contributed by atoms with Crippen molar-refractivity contribution in [1.29, 1.82) is 0 Å². The molecule has 0 amide bonds. The van der Waals surface area contributed by atoms with Gasteiger partial charge in [0.15, 0.2) is 0 Å². The van der Waals surface area contributed by atoms with Crippen LogP contribution >= 0.6 is 22.9 Å². The van der Waals surface area contributed by atoms with E-state index in [2.05, 4.69) is 43.4 Å². The summed E-state index contributed by atoms with van der Waals surface area (Å²) in [4.78, 5) is 2.74. The van der Waals surface area contributed by atoms with E-state index < -0.39 is 0 Å². The molecular weight excluding hydrogens is 298 g/mol. The number of rotatable bonds is 6. The molecule has 2 aromatic rings. The van der Waals surface area contributed by atoms with Gasteiger partial charge in [-0.25, -0.2) is 0 Å². The van der Waals surface area contributed by atoms with Gasteiger partial charge in [-0.1, -0.05) is 30.2 Å². The third-order valence-corrected chi connectivity index (χ3v) is 5.56. The van der Waals surface area contributed by atoms with E-state index >= 15 is 0 Å². The van der Waals surface area contributed by atoms with Gasteiger partial charge in [0.1, 0.15) is 0 Å². The molecule has 0 bridgehead atoms. The molecule has 1 saturated carbocycles. The third kappa shape index (κ3) is 3.50. The molecule has 3 rings (SSSR count). The monoisotopic (exact) mass is 319 g/mol. The van der Waals surface area contributed by atoms with Gasteiger partial charge in [0.05, 0.1) is 0 Å². The highest BCUT2D eigenvalue weighted by Gasteiger charge is 2.32. The first-order valence-electron chi connectivity index (χ1n) is 7.78. The van der Waals surface area contributed by atoms with Crippen LogP contribution in [-0.4, -0.2) is 6.54 Å². The quantitative estimate of drug-likeness (QED) is 0.706. The molecule has 1 aliphatic carbocycles. The molecule has 1 N–H and O–H groups in total. The minimum Gasteiger partial charge on any atom is -0.309 e. The summed E-state index contributed by atoms with van der Waals surface area (Å²) in [5.41, 5.74) is 2.42. The van der Waals surface area contributed by atoms with Crippen molar-refractivity contribution in [1.82, 2.24) is 5.32 Å². The van der Waals surface area contributed by atoms with Crippen molar-refractivity contribution in [3.8, 4) is 10.4 Å². The smallest absolute Gasteiger partial charge is 0.0492 e. The minimum absolute atomic E-state index is 0.535. The molecule has 1 aliphatic rings. The Bertz CT molecular complexity index is 615. The molecule has 112 valence electrons. The highest BCUT2D eigenvalue weighted by Crippen LogP contribution is 2.45. The highest BCUT2D eigenvalue weighted by molar-refractivity contribution is 7.15. The topological polar surface area (TPSA) is 12.0 Å². The molecule has 0 radical (unpaired) electrons. The number of thiophene rings is 1. The normalized spacial score (nSPS) is 16.1. The average molecular weight is 320 g/mol. The number of halogens is 1. The number of nitrogens with one attached hydrogen (secondary N) is 1. The predicted octanol–water partition coefficient (Wildman–Crippen LogP) is 5.83. The van der Waals surface area contributed by atoms with Crippen LogP contribution in [0.25, 0.3) is 10.4 Å². The lowest BCUT2D eigenvalue weighted by atomic mass is 10.1. The molecule has 1 nitrogen and oxygen atoms in total. The summed E-state index contributed by atoms with van der Waals surface area (Å²) >= 11 is 8.26. The van der Waals surface area contributed by atoms with Crippen molar-refractivity contribution in [2.24, 2.45) is 5.92 Å². The molecule has 0 aliphatic heterocycles. The predicted molar refractivity (Wildman–Crippen MR) is 93.3 cm³/mol. The van der Waals surface area contributed by atoms with E-state index in [1.165, 1.54) is 34.6 Å². The number of aryl methyl sites for hydroxylation is 1. The van der Waals surface area contributed by atoms with Crippen LogP contribution in [0.2, 0.25) is 5.02 Å². The second kappa shape index (κ2) is 6.51. The lowest BCUT2D eigenvalue weighted by Gasteiger charge is -2.16. The highest BCUT2D eigenvalue weighted by atomic mass is 35.5. The average Bonchev–Trinajstić information content (AvgIpc) is 3.19. The molecule has 1 unspecified atom stereocenters. The first-order valence-corrected chi connectivity index (χ1v) is 8.98. The Hall–Kier alpha value is -0.830.